The number of aliphatic hydroxyl groups is 1. The third-order valence-electron chi connectivity index (χ3n) is 3.56. The molecule has 0 spiro atoms. The summed E-state index contributed by atoms with van der Waals surface area (Å²) in [5.41, 5.74) is 2.15. The number of ether oxygens (including phenoxy) is 1. The van der Waals surface area contributed by atoms with E-state index in [2.05, 4.69) is 37.8 Å². The average Bonchev–Trinajstić information content (AvgIpc) is 2.51. The lowest BCUT2D eigenvalue weighted by atomic mass is 10.0. The smallest absolute Gasteiger partial charge is 0.0717 e. The van der Waals surface area contributed by atoms with Crippen molar-refractivity contribution in [2.24, 2.45) is 5.92 Å². The van der Waals surface area contributed by atoms with Crippen LogP contribution in [0.3, 0.4) is 0 Å². The van der Waals surface area contributed by atoms with Crippen LogP contribution in [-0.2, 0) is 11.3 Å². The molecule has 0 aliphatic rings. The van der Waals surface area contributed by atoms with Gasteiger partial charge in [0.25, 0.3) is 0 Å². The van der Waals surface area contributed by atoms with Crippen LogP contribution in [0.4, 0.5) is 0 Å². The second-order valence-electron chi connectivity index (χ2n) is 5.41. The Morgan fingerprint density at radius 1 is 1.29 bits per heavy atom. The Bertz CT molecular complexity index is 442. The predicted molar refractivity (Wildman–Crippen MR) is 88.0 cm³/mol. The van der Waals surface area contributed by atoms with Crippen LogP contribution in [0.25, 0.3) is 0 Å². The Hall–Kier alpha value is -1.30. The van der Waals surface area contributed by atoms with E-state index in [1.807, 2.05) is 12.1 Å². The molecule has 1 aromatic rings. The summed E-state index contributed by atoms with van der Waals surface area (Å²) in [6.07, 6.45) is 5.52. The molecule has 116 valence electrons. The van der Waals surface area contributed by atoms with Gasteiger partial charge in [-0.15, -0.1) is 0 Å². The maximum atomic E-state index is 8.73. The molecule has 0 aliphatic carbocycles. The highest BCUT2D eigenvalue weighted by molar-refractivity contribution is 5.36. The molecule has 1 N–H and O–H groups in total. The first kappa shape index (κ1) is 17.8. The van der Waals surface area contributed by atoms with Crippen LogP contribution < -0.4 is 0 Å². The van der Waals surface area contributed by atoms with Gasteiger partial charge < -0.3 is 9.84 Å². The van der Waals surface area contributed by atoms with E-state index in [9.17, 15) is 0 Å². The third kappa shape index (κ3) is 7.90. The molecule has 0 fully saturated rings. The molecule has 0 aliphatic heterocycles. The van der Waals surface area contributed by atoms with Crippen molar-refractivity contribution in [2.75, 3.05) is 13.2 Å². The summed E-state index contributed by atoms with van der Waals surface area (Å²) in [5, 5.41) is 8.73. The standard InChI is InChI=1S/C19H28O2/c1-3-5-9-17(4-2)15-21-16-19-12-8-11-18(14-19)10-6-7-13-20/h8,11-12,14,17,20H,3-5,7,9,13,15-16H2,1-2H3. The van der Waals surface area contributed by atoms with Crippen molar-refractivity contribution in [3.05, 3.63) is 35.4 Å². The number of benzene rings is 1. The van der Waals surface area contributed by atoms with Gasteiger partial charge in [0.15, 0.2) is 0 Å². The van der Waals surface area contributed by atoms with E-state index in [1.54, 1.807) is 0 Å². The molecular formula is C19H28O2. The summed E-state index contributed by atoms with van der Waals surface area (Å²) in [5.74, 6) is 6.68. The van der Waals surface area contributed by atoms with Crippen molar-refractivity contribution in [1.29, 1.82) is 0 Å². The molecule has 2 heteroatoms. The van der Waals surface area contributed by atoms with Gasteiger partial charge in [0.2, 0.25) is 0 Å². The highest BCUT2D eigenvalue weighted by Crippen LogP contribution is 2.14. The molecule has 2 nitrogen and oxygen atoms in total. The van der Waals surface area contributed by atoms with Crippen molar-refractivity contribution >= 4 is 0 Å². The maximum Gasteiger partial charge on any atom is 0.0717 e. The average molecular weight is 288 g/mol. The van der Waals surface area contributed by atoms with E-state index >= 15 is 0 Å². The topological polar surface area (TPSA) is 29.5 Å². The van der Waals surface area contributed by atoms with Crippen molar-refractivity contribution in [2.45, 2.75) is 52.6 Å². The van der Waals surface area contributed by atoms with Crippen LogP contribution in [0.2, 0.25) is 0 Å². The number of hydrogen-bond donors (Lipinski definition) is 1. The van der Waals surface area contributed by atoms with Crippen molar-refractivity contribution in [3.8, 4) is 11.8 Å². The number of aliphatic hydroxyl groups excluding tert-OH is 1. The molecule has 0 heterocycles. The fraction of sp³-hybridized carbons (Fsp3) is 0.579. The van der Waals surface area contributed by atoms with E-state index in [0.717, 1.165) is 17.7 Å². The van der Waals surface area contributed by atoms with Gasteiger partial charge >= 0.3 is 0 Å². The summed E-state index contributed by atoms with van der Waals surface area (Å²) in [4.78, 5) is 0. The van der Waals surface area contributed by atoms with Crippen molar-refractivity contribution < 1.29 is 9.84 Å². The van der Waals surface area contributed by atoms with Gasteiger partial charge in [-0.3, -0.25) is 0 Å². The van der Waals surface area contributed by atoms with Gasteiger partial charge in [-0.1, -0.05) is 57.1 Å². The molecule has 0 saturated carbocycles. The van der Waals surface area contributed by atoms with Crippen LogP contribution in [0.1, 0.15) is 57.1 Å². The molecular weight excluding hydrogens is 260 g/mol. The molecule has 0 saturated heterocycles. The Kier molecular flexibility index (Phi) is 9.61. The lowest BCUT2D eigenvalue weighted by Crippen LogP contribution is -2.08. The highest BCUT2D eigenvalue weighted by atomic mass is 16.5. The summed E-state index contributed by atoms with van der Waals surface area (Å²) in [7, 11) is 0. The zero-order chi connectivity index (χ0) is 15.3. The molecule has 1 unspecified atom stereocenters. The lowest BCUT2D eigenvalue weighted by molar-refractivity contribution is 0.0820. The zero-order valence-corrected chi connectivity index (χ0v) is 13.4. The minimum atomic E-state index is 0.117. The Balaban J connectivity index is 2.41. The van der Waals surface area contributed by atoms with Crippen molar-refractivity contribution in [1.82, 2.24) is 0 Å². The molecule has 0 bridgehead atoms. The molecule has 1 aromatic carbocycles. The normalized spacial score (nSPS) is 11.8. The largest absolute Gasteiger partial charge is 0.395 e. The van der Waals surface area contributed by atoms with E-state index < -0.39 is 0 Å². The minimum absolute atomic E-state index is 0.117. The Labute approximate surface area is 129 Å². The van der Waals surface area contributed by atoms with E-state index in [0.29, 0.717) is 18.9 Å². The number of hydrogen-bond acceptors (Lipinski definition) is 2. The highest BCUT2D eigenvalue weighted by Gasteiger charge is 2.06. The summed E-state index contributed by atoms with van der Waals surface area (Å²) in [6, 6.07) is 8.14. The first-order valence-electron chi connectivity index (χ1n) is 8.06. The van der Waals surface area contributed by atoms with Gasteiger partial charge in [-0.2, -0.15) is 0 Å². The summed E-state index contributed by atoms with van der Waals surface area (Å²) >= 11 is 0. The Morgan fingerprint density at radius 2 is 2.14 bits per heavy atom. The van der Waals surface area contributed by atoms with Crippen LogP contribution in [-0.4, -0.2) is 18.3 Å². The lowest BCUT2D eigenvalue weighted by Gasteiger charge is -2.14. The molecule has 0 amide bonds. The van der Waals surface area contributed by atoms with Crippen molar-refractivity contribution in [3.63, 3.8) is 0 Å². The van der Waals surface area contributed by atoms with Gasteiger partial charge in [0.05, 0.1) is 13.2 Å². The second kappa shape index (κ2) is 11.4. The summed E-state index contributed by atoms with van der Waals surface area (Å²) < 4.78 is 5.86. The fourth-order valence-corrected chi connectivity index (χ4v) is 2.20. The summed E-state index contributed by atoms with van der Waals surface area (Å²) in [6.45, 7) is 6.08. The quantitative estimate of drug-likeness (QED) is 0.692. The van der Waals surface area contributed by atoms with E-state index in [4.69, 9.17) is 9.84 Å². The molecule has 0 radical (unpaired) electrons. The fourth-order valence-electron chi connectivity index (χ4n) is 2.20. The van der Waals surface area contributed by atoms with Crippen LogP contribution in [0.15, 0.2) is 24.3 Å². The third-order valence-corrected chi connectivity index (χ3v) is 3.56. The van der Waals surface area contributed by atoms with Gasteiger partial charge in [0, 0.05) is 18.6 Å². The van der Waals surface area contributed by atoms with Gasteiger partial charge in [-0.25, -0.2) is 0 Å². The molecule has 1 rings (SSSR count). The SMILES string of the molecule is CCCCC(CC)COCc1cccc(C#CCCO)c1. The van der Waals surface area contributed by atoms with Gasteiger partial charge in [0.1, 0.15) is 0 Å². The molecule has 0 aromatic heterocycles. The number of rotatable bonds is 9. The van der Waals surface area contributed by atoms with E-state index in [1.165, 1.54) is 25.7 Å². The van der Waals surface area contributed by atoms with Gasteiger partial charge in [-0.05, 0) is 30.0 Å². The molecule has 1 atom stereocenters. The van der Waals surface area contributed by atoms with E-state index in [-0.39, 0.29) is 6.61 Å². The monoisotopic (exact) mass is 288 g/mol. The second-order valence-corrected chi connectivity index (χ2v) is 5.41. The zero-order valence-electron chi connectivity index (χ0n) is 13.4. The first-order chi connectivity index (χ1) is 10.3. The van der Waals surface area contributed by atoms with Crippen LogP contribution in [0, 0.1) is 17.8 Å². The minimum Gasteiger partial charge on any atom is -0.395 e. The Morgan fingerprint density at radius 3 is 2.86 bits per heavy atom. The maximum absolute atomic E-state index is 8.73. The van der Waals surface area contributed by atoms with Crippen LogP contribution >= 0.6 is 0 Å². The van der Waals surface area contributed by atoms with Crippen LogP contribution in [0.5, 0.6) is 0 Å². The molecule has 21 heavy (non-hydrogen) atoms. The number of unbranched alkanes of at least 4 members (excludes halogenated alkanes) is 1. The predicted octanol–water partition coefficient (Wildman–Crippen LogP) is 4.15. The first-order valence-corrected chi connectivity index (χ1v) is 8.06.